The van der Waals surface area contributed by atoms with Gasteiger partial charge in [-0.1, -0.05) is 0 Å². The van der Waals surface area contributed by atoms with Crippen molar-refractivity contribution in [1.82, 2.24) is 4.98 Å². The zero-order valence-electron chi connectivity index (χ0n) is 10.4. The predicted molar refractivity (Wildman–Crippen MR) is 74.6 cm³/mol. The summed E-state index contributed by atoms with van der Waals surface area (Å²) in [5, 5.41) is 2.76. The van der Waals surface area contributed by atoms with E-state index in [9.17, 15) is 0 Å². The summed E-state index contributed by atoms with van der Waals surface area (Å²) >= 11 is 1.15. The van der Waals surface area contributed by atoms with Gasteiger partial charge in [0.05, 0.1) is 0 Å². The Hall–Kier alpha value is -0.448. The van der Waals surface area contributed by atoms with Gasteiger partial charge < -0.3 is 0 Å². The van der Waals surface area contributed by atoms with E-state index in [-0.39, 0.29) is 0 Å². The van der Waals surface area contributed by atoms with Crippen molar-refractivity contribution in [2.75, 3.05) is 0 Å². The van der Waals surface area contributed by atoms with Crippen molar-refractivity contribution in [2.24, 2.45) is 0 Å². The molecule has 1 aromatic carbocycles. The molecule has 1 nitrogen and oxygen atoms in total. The second kappa shape index (κ2) is 6.48. The Bertz CT molecular complexity index is 493. The van der Waals surface area contributed by atoms with Crippen LogP contribution in [0.3, 0.4) is 0 Å². The quantitative estimate of drug-likeness (QED) is 0.535. The zero-order chi connectivity index (χ0) is 12.1. The van der Waals surface area contributed by atoms with E-state index in [1.54, 1.807) is 0 Å². The Morgan fingerprint density at radius 3 is 2.65 bits per heavy atom. The molecule has 0 saturated carbocycles. The molecule has 0 saturated heterocycles. The van der Waals surface area contributed by atoms with Gasteiger partial charge in [-0.05, 0) is 0 Å². The zero-order valence-corrected chi connectivity index (χ0v) is 14.9. The van der Waals surface area contributed by atoms with Gasteiger partial charge in [0.1, 0.15) is 0 Å². The average molecular weight is 417 g/mol. The summed E-state index contributed by atoms with van der Waals surface area (Å²) in [6.07, 6.45) is 8.96. The van der Waals surface area contributed by atoms with Crippen LogP contribution in [0.1, 0.15) is 30.9 Å². The first-order valence-corrected chi connectivity index (χ1v) is 9.58. The Morgan fingerprint density at radius 1 is 1.06 bits per heavy atom. The molecule has 0 unspecified atom stereocenters. The number of fused-ring (bicyclic) bond motifs is 1. The molecule has 0 bridgehead atoms. The number of aryl methyl sites for hydroxylation is 2. The minimum absolute atomic E-state index is 1.10. The van der Waals surface area contributed by atoms with Crippen LogP contribution in [-0.2, 0) is 12.8 Å². The van der Waals surface area contributed by atoms with Crippen LogP contribution in [0.25, 0.3) is 10.8 Å². The Labute approximate surface area is 119 Å². The second-order valence-corrected chi connectivity index (χ2v) is 6.65. The molecule has 0 aliphatic heterocycles. The number of benzene rings is 1. The van der Waals surface area contributed by atoms with Crippen molar-refractivity contribution in [3.63, 3.8) is 0 Å². The molecule has 0 fully saturated rings. The first kappa shape index (κ1) is 13.0. The van der Waals surface area contributed by atoms with E-state index in [0.29, 0.717) is 0 Å². The van der Waals surface area contributed by atoms with Crippen molar-refractivity contribution < 1.29 is 0 Å². The molecule has 0 N–H and O–H groups in total. The van der Waals surface area contributed by atoms with Gasteiger partial charge in [-0.2, -0.15) is 0 Å². The molecule has 86 valence electrons. The summed E-state index contributed by atoms with van der Waals surface area (Å²) in [6, 6.07) is 6.75. The van der Waals surface area contributed by atoms with Crippen LogP contribution in [0.2, 0.25) is 3.98 Å². The fourth-order valence-electron chi connectivity index (χ4n) is 2.30. The molecular formula is C15H18NTl. The summed E-state index contributed by atoms with van der Waals surface area (Å²) in [6.45, 7) is 2.22. The summed E-state index contributed by atoms with van der Waals surface area (Å²) in [4.78, 5) is 4.29. The van der Waals surface area contributed by atoms with Crippen LogP contribution in [0, 0.1) is 0 Å². The van der Waals surface area contributed by atoms with Crippen LogP contribution in [0.15, 0.2) is 30.6 Å². The van der Waals surface area contributed by atoms with Gasteiger partial charge in [-0.15, -0.1) is 0 Å². The summed E-state index contributed by atoms with van der Waals surface area (Å²) in [5.74, 6) is 0. The maximum absolute atomic E-state index is 4.29. The number of hydrogen-bond acceptors (Lipinski definition) is 1. The van der Waals surface area contributed by atoms with Crippen LogP contribution in [0.5, 0.6) is 0 Å². The van der Waals surface area contributed by atoms with E-state index < -0.39 is 0 Å². The number of rotatable bonds is 5. The Kier molecular flexibility index (Phi) is 4.95. The molecule has 0 spiro atoms. The van der Waals surface area contributed by atoms with E-state index in [4.69, 9.17) is 0 Å². The molecule has 0 amide bonds. The van der Waals surface area contributed by atoms with Crippen molar-refractivity contribution in [2.45, 2.75) is 36.6 Å². The van der Waals surface area contributed by atoms with Crippen molar-refractivity contribution in [1.29, 1.82) is 0 Å². The van der Waals surface area contributed by atoms with Gasteiger partial charge >= 0.3 is 120 Å². The van der Waals surface area contributed by atoms with Crippen LogP contribution >= 0.6 is 0 Å². The molecule has 1 aromatic heterocycles. The number of pyridine rings is 1. The van der Waals surface area contributed by atoms with Gasteiger partial charge in [-0.25, -0.2) is 0 Å². The van der Waals surface area contributed by atoms with Crippen molar-refractivity contribution in [3.8, 4) is 0 Å². The fraction of sp³-hybridized carbons (Fsp3) is 0.400. The van der Waals surface area contributed by atoms with Crippen molar-refractivity contribution in [3.05, 3.63) is 41.7 Å². The SMILES string of the molecule is CCc1ccc(CCC[CH2][Tl])c2cnccc12. The van der Waals surface area contributed by atoms with E-state index in [2.05, 4.69) is 30.1 Å². The van der Waals surface area contributed by atoms with E-state index >= 15 is 0 Å². The number of unbranched alkanes of at least 4 members (excludes halogenated alkanes) is 1. The third-order valence-electron chi connectivity index (χ3n) is 3.28. The molecular weight excluding hydrogens is 399 g/mol. The van der Waals surface area contributed by atoms with Gasteiger partial charge in [0.2, 0.25) is 0 Å². The van der Waals surface area contributed by atoms with Gasteiger partial charge in [0.25, 0.3) is 0 Å². The average Bonchev–Trinajstić information content (AvgIpc) is 2.39. The van der Waals surface area contributed by atoms with Crippen LogP contribution in [-0.4, -0.2) is 30.8 Å². The molecule has 2 aromatic rings. The standard InChI is InChI=1S/C15H18N.Tl/c1-3-5-6-13-8-7-12(4-2)14-9-10-16-11-15(13)14;/h7-11H,1,3-6H2,2H3;. The Morgan fingerprint density at radius 2 is 1.88 bits per heavy atom. The van der Waals surface area contributed by atoms with Crippen molar-refractivity contribution >= 4 is 36.5 Å². The molecule has 0 radical (unpaired) electrons. The molecule has 17 heavy (non-hydrogen) atoms. The van der Waals surface area contributed by atoms with Gasteiger partial charge in [0, 0.05) is 0 Å². The molecule has 2 heteroatoms. The van der Waals surface area contributed by atoms with Crippen LogP contribution in [0.4, 0.5) is 0 Å². The third kappa shape index (κ3) is 3.06. The molecule has 0 aliphatic carbocycles. The topological polar surface area (TPSA) is 12.9 Å². The number of nitrogens with zero attached hydrogens (tertiary/aromatic N) is 1. The molecule has 0 atom stereocenters. The molecule has 0 aliphatic rings. The summed E-state index contributed by atoms with van der Waals surface area (Å²) in [7, 11) is 0. The van der Waals surface area contributed by atoms with Gasteiger partial charge in [0.15, 0.2) is 0 Å². The normalized spacial score (nSPS) is 10.8. The predicted octanol–water partition coefficient (Wildman–Crippen LogP) is 3.71. The number of aromatic nitrogens is 1. The summed E-state index contributed by atoms with van der Waals surface area (Å²) < 4.78 is 1.45. The first-order valence-electron chi connectivity index (χ1n) is 6.41. The maximum atomic E-state index is 4.29. The van der Waals surface area contributed by atoms with Gasteiger partial charge in [-0.3, -0.25) is 0 Å². The first-order chi connectivity index (χ1) is 8.36. The third-order valence-corrected chi connectivity index (χ3v) is 4.87. The molecule has 1 heterocycles. The van der Waals surface area contributed by atoms with Crippen LogP contribution < -0.4 is 0 Å². The van der Waals surface area contributed by atoms with E-state index in [0.717, 1.165) is 32.2 Å². The second-order valence-electron chi connectivity index (χ2n) is 4.40. The van der Waals surface area contributed by atoms with E-state index in [1.807, 2.05) is 12.4 Å². The minimum atomic E-state index is 1.10. The monoisotopic (exact) mass is 417 g/mol. The molecule has 2 rings (SSSR count). The Balaban J connectivity index is 2.37. The van der Waals surface area contributed by atoms with E-state index in [1.165, 1.54) is 45.1 Å². The number of hydrogen-bond donors (Lipinski definition) is 0. The summed E-state index contributed by atoms with van der Waals surface area (Å²) in [5.41, 5.74) is 2.92. The fourth-order valence-corrected chi connectivity index (χ4v) is 3.42.